The third-order valence-electron chi connectivity index (χ3n) is 2.83. The molecule has 1 fully saturated rings. The van der Waals surface area contributed by atoms with Crippen molar-refractivity contribution in [3.05, 3.63) is 23.4 Å². The van der Waals surface area contributed by atoms with Crippen LogP contribution in [-0.4, -0.2) is 18.1 Å². The van der Waals surface area contributed by atoms with Crippen LogP contribution in [0.25, 0.3) is 0 Å². The fourth-order valence-corrected chi connectivity index (χ4v) is 1.65. The van der Waals surface area contributed by atoms with E-state index < -0.39 is 0 Å². The third-order valence-corrected chi connectivity index (χ3v) is 2.83. The maximum absolute atomic E-state index is 5.42. The van der Waals surface area contributed by atoms with Crippen molar-refractivity contribution in [3.8, 4) is 12.3 Å². The molecule has 1 aromatic heterocycles. The van der Waals surface area contributed by atoms with Gasteiger partial charge in [0.2, 0.25) is 0 Å². The first-order chi connectivity index (χ1) is 7.20. The minimum absolute atomic E-state index is 0.500. The van der Waals surface area contributed by atoms with Crippen LogP contribution in [0.3, 0.4) is 0 Å². The largest absolute Gasteiger partial charge is 0.356 e. The fourth-order valence-electron chi connectivity index (χ4n) is 1.65. The van der Waals surface area contributed by atoms with E-state index in [1.54, 1.807) is 0 Å². The van der Waals surface area contributed by atoms with Crippen LogP contribution in [-0.2, 0) is 0 Å². The van der Waals surface area contributed by atoms with Gasteiger partial charge in [-0.1, -0.05) is 19.8 Å². The van der Waals surface area contributed by atoms with Crippen molar-refractivity contribution >= 4 is 5.82 Å². The Hall–Kier alpha value is -1.49. The lowest BCUT2D eigenvalue weighted by atomic mass is 10.0. The highest BCUT2D eigenvalue weighted by Crippen LogP contribution is 2.23. The second-order valence-electron chi connectivity index (χ2n) is 4.28. The van der Waals surface area contributed by atoms with Crippen molar-refractivity contribution in [2.45, 2.75) is 26.2 Å². The quantitative estimate of drug-likeness (QED) is 0.681. The van der Waals surface area contributed by atoms with Gasteiger partial charge in [0.15, 0.2) is 0 Å². The summed E-state index contributed by atoms with van der Waals surface area (Å²) in [4.78, 5) is 6.72. The van der Waals surface area contributed by atoms with E-state index in [9.17, 15) is 0 Å². The average Bonchev–Trinajstić information content (AvgIpc) is 2.14. The van der Waals surface area contributed by atoms with Gasteiger partial charge in [-0.05, 0) is 30.0 Å². The first-order valence-electron chi connectivity index (χ1n) is 5.44. The molecule has 0 N–H and O–H groups in total. The first kappa shape index (κ1) is 10.0. The Morgan fingerprint density at radius 1 is 1.40 bits per heavy atom. The summed E-state index contributed by atoms with van der Waals surface area (Å²) >= 11 is 0. The molecule has 0 aromatic carbocycles. The monoisotopic (exact) mass is 200 g/mol. The molecule has 0 aliphatic carbocycles. The van der Waals surface area contributed by atoms with Crippen molar-refractivity contribution in [2.24, 2.45) is 0 Å². The lowest BCUT2D eigenvalue weighted by Gasteiger charge is -2.32. The summed E-state index contributed by atoms with van der Waals surface area (Å²) in [7, 11) is 0. The molecule has 2 heterocycles. The Balaban J connectivity index is 2.37. The number of pyridine rings is 1. The number of hydrogen-bond donors (Lipinski definition) is 0. The number of rotatable bonds is 2. The van der Waals surface area contributed by atoms with E-state index in [1.807, 2.05) is 6.07 Å². The van der Waals surface area contributed by atoms with Gasteiger partial charge in [0.25, 0.3) is 0 Å². The molecule has 0 atom stereocenters. The van der Waals surface area contributed by atoms with Crippen LogP contribution in [0.15, 0.2) is 12.1 Å². The van der Waals surface area contributed by atoms with Crippen LogP contribution in [0.4, 0.5) is 5.82 Å². The molecule has 1 saturated heterocycles. The van der Waals surface area contributed by atoms with Gasteiger partial charge in [0, 0.05) is 13.1 Å². The Morgan fingerprint density at radius 2 is 2.13 bits per heavy atom. The molecular formula is C13H16N2. The van der Waals surface area contributed by atoms with Crippen LogP contribution in [0.5, 0.6) is 0 Å². The van der Waals surface area contributed by atoms with E-state index in [4.69, 9.17) is 6.42 Å². The molecule has 2 rings (SSSR count). The number of nitrogens with zero attached hydrogens (tertiary/aromatic N) is 2. The lowest BCUT2D eigenvalue weighted by Crippen LogP contribution is -2.37. The molecule has 2 heteroatoms. The average molecular weight is 200 g/mol. The highest BCUT2D eigenvalue weighted by molar-refractivity contribution is 5.48. The van der Waals surface area contributed by atoms with Crippen LogP contribution in [0.2, 0.25) is 0 Å². The number of anilines is 1. The van der Waals surface area contributed by atoms with Gasteiger partial charge in [0.1, 0.15) is 11.5 Å². The maximum Gasteiger partial charge on any atom is 0.130 e. The summed E-state index contributed by atoms with van der Waals surface area (Å²) < 4.78 is 0. The normalized spacial score (nSPS) is 14.9. The summed E-state index contributed by atoms with van der Waals surface area (Å²) in [6.07, 6.45) is 6.68. The van der Waals surface area contributed by atoms with Crippen molar-refractivity contribution in [1.29, 1.82) is 0 Å². The minimum Gasteiger partial charge on any atom is -0.356 e. The molecular weight excluding hydrogens is 184 g/mol. The molecule has 1 aromatic rings. The van der Waals surface area contributed by atoms with Crippen molar-refractivity contribution in [3.63, 3.8) is 0 Å². The van der Waals surface area contributed by atoms with Gasteiger partial charge in [-0.2, -0.15) is 0 Å². The topological polar surface area (TPSA) is 16.1 Å². The Labute approximate surface area is 91.3 Å². The second kappa shape index (κ2) is 3.94. The van der Waals surface area contributed by atoms with Crippen molar-refractivity contribution < 1.29 is 0 Å². The van der Waals surface area contributed by atoms with E-state index in [2.05, 4.69) is 35.7 Å². The molecule has 0 spiro atoms. The standard InChI is InChI=1S/C13H16N2/c1-4-12-8-11(10(2)3)9-13(14-12)15-6-5-7-15/h1,8-10H,5-7H2,2-3H3. The molecule has 1 aliphatic heterocycles. The van der Waals surface area contributed by atoms with Gasteiger partial charge < -0.3 is 4.90 Å². The SMILES string of the molecule is C#Cc1cc(C(C)C)cc(N2CCC2)n1. The fraction of sp³-hybridized carbons (Fsp3) is 0.462. The molecule has 78 valence electrons. The summed E-state index contributed by atoms with van der Waals surface area (Å²) in [6, 6.07) is 4.17. The van der Waals surface area contributed by atoms with Crippen LogP contribution < -0.4 is 4.90 Å². The highest BCUT2D eigenvalue weighted by Gasteiger charge is 2.17. The minimum atomic E-state index is 0.500. The summed E-state index contributed by atoms with van der Waals surface area (Å²) in [5, 5.41) is 0. The number of terminal acetylenes is 1. The molecule has 0 amide bonds. The Kier molecular flexibility index (Phi) is 2.64. The molecule has 2 nitrogen and oxygen atoms in total. The van der Waals surface area contributed by atoms with E-state index in [-0.39, 0.29) is 0 Å². The maximum atomic E-state index is 5.42. The zero-order valence-corrected chi connectivity index (χ0v) is 9.33. The van der Waals surface area contributed by atoms with E-state index >= 15 is 0 Å². The molecule has 0 saturated carbocycles. The lowest BCUT2D eigenvalue weighted by molar-refractivity contribution is 0.608. The zero-order chi connectivity index (χ0) is 10.8. The second-order valence-corrected chi connectivity index (χ2v) is 4.28. The van der Waals surface area contributed by atoms with Gasteiger partial charge in [-0.25, -0.2) is 4.98 Å². The van der Waals surface area contributed by atoms with Gasteiger partial charge in [-0.3, -0.25) is 0 Å². The van der Waals surface area contributed by atoms with Gasteiger partial charge >= 0.3 is 0 Å². The smallest absolute Gasteiger partial charge is 0.130 e. The summed E-state index contributed by atoms with van der Waals surface area (Å²) in [6.45, 7) is 6.57. The first-order valence-corrected chi connectivity index (χ1v) is 5.44. The molecule has 0 unspecified atom stereocenters. The Bertz CT molecular complexity index is 397. The number of hydrogen-bond acceptors (Lipinski definition) is 2. The third kappa shape index (κ3) is 1.97. The van der Waals surface area contributed by atoms with Crippen molar-refractivity contribution in [2.75, 3.05) is 18.0 Å². The molecule has 0 radical (unpaired) electrons. The van der Waals surface area contributed by atoms with Crippen LogP contribution >= 0.6 is 0 Å². The van der Waals surface area contributed by atoms with Crippen LogP contribution in [0, 0.1) is 12.3 Å². The predicted molar refractivity (Wildman–Crippen MR) is 63.1 cm³/mol. The van der Waals surface area contributed by atoms with Crippen molar-refractivity contribution in [1.82, 2.24) is 4.98 Å². The summed E-state index contributed by atoms with van der Waals surface area (Å²) in [5.41, 5.74) is 2.03. The zero-order valence-electron chi connectivity index (χ0n) is 9.33. The Morgan fingerprint density at radius 3 is 2.60 bits per heavy atom. The molecule has 0 bridgehead atoms. The summed E-state index contributed by atoms with van der Waals surface area (Å²) in [5.74, 6) is 4.17. The molecule has 15 heavy (non-hydrogen) atoms. The van der Waals surface area contributed by atoms with Gasteiger partial charge in [0.05, 0.1) is 0 Å². The van der Waals surface area contributed by atoms with Crippen LogP contribution in [0.1, 0.15) is 37.4 Å². The highest BCUT2D eigenvalue weighted by atomic mass is 15.2. The predicted octanol–water partition coefficient (Wildman–Crippen LogP) is 2.40. The van der Waals surface area contributed by atoms with E-state index in [1.165, 1.54) is 12.0 Å². The van der Waals surface area contributed by atoms with E-state index in [0.717, 1.165) is 24.6 Å². The number of aromatic nitrogens is 1. The van der Waals surface area contributed by atoms with Gasteiger partial charge in [-0.15, -0.1) is 6.42 Å². The molecule has 1 aliphatic rings. The van der Waals surface area contributed by atoms with E-state index in [0.29, 0.717) is 5.92 Å².